The number of unbranched alkanes of at least 4 members (excludes halogenated alkanes) is 3. The maximum Gasteiger partial charge on any atom is 0.500 e. The lowest BCUT2D eigenvalue weighted by atomic mass is 9.76. The van der Waals surface area contributed by atoms with Crippen LogP contribution in [0.4, 0.5) is 0 Å². The first-order chi connectivity index (χ1) is 9.62. The highest BCUT2D eigenvalue weighted by atomic mass is 16.7. The molecule has 5 heteroatoms. The Morgan fingerprint density at radius 3 is 2.05 bits per heavy atom. The van der Waals surface area contributed by atoms with Crippen LogP contribution in [-0.4, -0.2) is 43.2 Å². The number of carbonyl (C=O) groups is 1. The Balaban J connectivity index is 2.91. The van der Waals surface area contributed by atoms with Gasteiger partial charge in [0.05, 0.1) is 11.2 Å². The Hall–Kier alpha value is -0.805. The molecule has 0 saturated carbocycles. The molecule has 1 heterocycles. The predicted molar refractivity (Wildman–Crippen MR) is 87.0 cm³/mol. The van der Waals surface area contributed by atoms with Crippen LogP contribution in [0.3, 0.4) is 0 Å². The van der Waals surface area contributed by atoms with Gasteiger partial charge < -0.3 is 14.2 Å². The van der Waals surface area contributed by atoms with Crippen molar-refractivity contribution in [1.29, 1.82) is 0 Å². The normalized spacial score (nSPS) is 20.7. The van der Waals surface area contributed by atoms with E-state index in [0.29, 0.717) is 5.47 Å². The standard InChI is InChI=1S/C16H30BNO3/c1-8-9-10-11-12-13(14(19)18(6)7)17-20-15(2,3)16(4,5)21-17/h12H,8-11H2,1-7H3/b13-12+. The lowest BCUT2D eigenvalue weighted by Gasteiger charge is -2.32. The molecule has 0 aromatic carbocycles. The van der Waals surface area contributed by atoms with Crippen molar-refractivity contribution in [2.45, 2.75) is 71.5 Å². The highest BCUT2D eigenvalue weighted by Crippen LogP contribution is 2.38. The van der Waals surface area contributed by atoms with E-state index in [-0.39, 0.29) is 5.91 Å². The Morgan fingerprint density at radius 2 is 1.62 bits per heavy atom. The van der Waals surface area contributed by atoms with Crippen molar-refractivity contribution in [1.82, 2.24) is 4.90 Å². The van der Waals surface area contributed by atoms with Gasteiger partial charge in [-0.25, -0.2) is 0 Å². The number of amides is 1. The lowest BCUT2D eigenvalue weighted by Crippen LogP contribution is -2.41. The van der Waals surface area contributed by atoms with E-state index in [2.05, 4.69) is 6.92 Å². The third kappa shape index (κ3) is 4.33. The van der Waals surface area contributed by atoms with Crippen molar-refractivity contribution < 1.29 is 14.1 Å². The summed E-state index contributed by atoms with van der Waals surface area (Å²) in [4.78, 5) is 14.0. The van der Waals surface area contributed by atoms with Gasteiger partial charge in [0.15, 0.2) is 0 Å². The maximum absolute atomic E-state index is 12.4. The van der Waals surface area contributed by atoms with Gasteiger partial charge in [-0.1, -0.05) is 25.8 Å². The molecule has 0 atom stereocenters. The van der Waals surface area contributed by atoms with E-state index < -0.39 is 18.3 Å². The van der Waals surface area contributed by atoms with Crippen LogP contribution in [0.5, 0.6) is 0 Å². The number of carbonyl (C=O) groups excluding carboxylic acids is 1. The molecule has 120 valence electrons. The molecule has 0 aromatic heterocycles. The number of rotatable bonds is 6. The zero-order valence-corrected chi connectivity index (χ0v) is 14.7. The Labute approximate surface area is 130 Å². The quantitative estimate of drug-likeness (QED) is 0.429. The molecule has 0 bridgehead atoms. The summed E-state index contributed by atoms with van der Waals surface area (Å²) in [5.74, 6) is -0.0370. The van der Waals surface area contributed by atoms with E-state index in [0.717, 1.165) is 12.8 Å². The second-order valence-electron chi connectivity index (χ2n) is 6.94. The minimum Gasteiger partial charge on any atom is -0.399 e. The van der Waals surface area contributed by atoms with Gasteiger partial charge in [0.25, 0.3) is 0 Å². The van der Waals surface area contributed by atoms with E-state index in [9.17, 15) is 4.79 Å². The van der Waals surface area contributed by atoms with E-state index in [1.165, 1.54) is 12.8 Å². The molecule has 21 heavy (non-hydrogen) atoms. The summed E-state index contributed by atoms with van der Waals surface area (Å²) in [6.45, 7) is 10.2. The topological polar surface area (TPSA) is 38.8 Å². The first kappa shape index (κ1) is 18.2. The molecule has 1 amide bonds. The van der Waals surface area contributed by atoms with Gasteiger partial charge in [-0.15, -0.1) is 0 Å². The molecular formula is C16H30BNO3. The van der Waals surface area contributed by atoms with Crippen molar-refractivity contribution in [2.24, 2.45) is 0 Å². The van der Waals surface area contributed by atoms with Crippen LogP contribution in [0.1, 0.15) is 60.3 Å². The molecule has 0 unspecified atom stereocenters. The van der Waals surface area contributed by atoms with Crippen LogP contribution in [0, 0.1) is 0 Å². The molecule has 0 spiro atoms. The van der Waals surface area contributed by atoms with Gasteiger partial charge in [0.2, 0.25) is 5.91 Å². The highest BCUT2D eigenvalue weighted by Gasteiger charge is 2.53. The zero-order chi connectivity index (χ0) is 16.3. The van der Waals surface area contributed by atoms with Crippen molar-refractivity contribution in [3.05, 3.63) is 11.5 Å². The van der Waals surface area contributed by atoms with Crippen LogP contribution >= 0.6 is 0 Å². The lowest BCUT2D eigenvalue weighted by molar-refractivity contribution is -0.124. The van der Waals surface area contributed by atoms with E-state index in [1.807, 2.05) is 33.8 Å². The fourth-order valence-electron chi connectivity index (χ4n) is 2.16. The van der Waals surface area contributed by atoms with Crippen LogP contribution < -0.4 is 0 Å². The number of hydrogen-bond donors (Lipinski definition) is 0. The SMILES string of the molecule is CCCCC/C=C(/B1OC(C)(C)C(C)(C)O1)C(=O)N(C)C. The molecule has 0 aliphatic carbocycles. The molecule has 1 fully saturated rings. The number of likely N-dealkylation sites (N-methyl/N-ethyl adjacent to an activating group) is 1. The number of nitrogens with zero attached hydrogens (tertiary/aromatic N) is 1. The van der Waals surface area contributed by atoms with Gasteiger partial charge in [0, 0.05) is 19.6 Å². The van der Waals surface area contributed by atoms with E-state index >= 15 is 0 Å². The van der Waals surface area contributed by atoms with Crippen LogP contribution in [-0.2, 0) is 14.1 Å². The highest BCUT2D eigenvalue weighted by molar-refractivity contribution is 6.61. The smallest absolute Gasteiger partial charge is 0.399 e. The number of hydrogen-bond acceptors (Lipinski definition) is 3. The zero-order valence-electron chi connectivity index (χ0n) is 14.7. The second-order valence-corrected chi connectivity index (χ2v) is 6.94. The summed E-state index contributed by atoms with van der Waals surface area (Å²) in [5.41, 5.74) is -0.228. The minimum atomic E-state index is -0.577. The summed E-state index contributed by atoms with van der Waals surface area (Å²) in [7, 11) is 2.94. The fourth-order valence-corrected chi connectivity index (χ4v) is 2.16. The first-order valence-corrected chi connectivity index (χ1v) is 7.89. The van der Waals surface area contributed by atoms with Gasteiger partial charge >= 0.3 is 7.12 Å². The van der Waals surface area contributed by atoms with Gasteiger partial charge in [-0.2, -0.15) is 0 Å². The third-order valence-corrected chi connectivity index (χ3v) is 4.33. The second kappa shape index (κ2) is 6.97. The predicted octanol–water partition coefficient (Wildman–Crippen LogP) is 3.21. The van der Waals surface area contributed by atoms with Crippen molar-refractivity contribution in [3.63, 3.8) is 0 Å². The largest absolute Gasteiger partial charge is 0.500 e. The summed E-state index contributed by atoms with van der Waals surface area (Å²) in [5, 5.41) is 0. The van der Waals surface area contributed by atoms with Gasteiger partial charge in [-0.3, -0.25) is 4.79 Å². The molecule has 1 aliphatic rings. The van der Waals surface area contributed by atoms with Crippen molar-refractivity contribution in [3.8, 4) is 0 Å². The molecule has 1 saturated heterocycles. The fraction of sp³-hybridized carbons (Fsp3) is 0.812. The first-order valence-electron chi connectivity index (χ1n) is 7.89. The number of allylic oxidation sites excluding steroid dienone is 1. The molecule has 4 nitrogen and oxygen atoms in total. The molecular weight excluding hydrogens is 265 g/mol. The third-order valence-electron chi connectivity index (χ3n) is 4.33. The molecule has 0 N–H and O–H groups in total. The summed E-state index contributed by atoms with van der Waals surface area (Å²) >= 11 is 0. The summed E-state index contributed by atoms with van der Waals surface area (Å²) in [6.07, 6.45) is 6.29. The molecule has 1 aliphatic heterocycles. The van der Waals surface area contributed by atoms with Crippen LogP contribution in [0.15, 0.2) is 11.5 Å². The maximum atomic E-state index is 12.4. The monoisotopic (exact) mass is 295 g/mol. The molecule has 0 radical (unpaired) electrons. The van der Waals surface area contributed by atoms with Crippen molar-refractivity contribution >= 4 is 13.0 Å². The Bertz CT molecular complexity index is 386. The van der Waals surface area contributed by atoms with Crippen LogP contribution in [0.25, 0.3) is 0 Å². The summed E-state index contributed by atoms with van der Waals surface area (Å²) < 4.78 is 12.0. The summed E-state index contributed by atoms with van der Waals surface area (Å²) in [6, 6.07) is 0. The average Bonchev–Trinajstić information content (AvgIpc) is 2.57. The molecule has 0 aromatic rings. The minimum absolute atomic E-state index is 0.0370. The average molecular weight is 295 g/mol. The Kier molecular flexibility index (Phi) is 6.06. The van der Waals surface area contributed by atoms with E-state index in [1.54, 1.807) is 19.0 Å². The molecule has 1 rings (SSSR count). The van der Waals surface area contributed by atoms with E-state index in [4.69, 9.17) is 9.31 Å². The van der Waals surface area contributed by atoms with Crippen molar-refractivity contribution in [2.75, 3.05) is 14.1 Å². The van der Waals surface area contributed by atoms with Gasteiger partial charge in [0.1, 0.15) is 0 Å². The van der Waals surface area contributed by atoms with Crippen LogP contribution in [0.2, 0.25) is 0 Å². The van der Waals surface area contributed by atoms with Gasteiger partial charge in [-0.05, 0) is 40.5 Å². The Morgan fingerprint density at radius 1 is 1.10 bits per heavy atom.